The molecule has 0 N–H and O–H groups in total. The summed E-state index contributed by atoms with van der Waals surface area (Å²) in [5.74, 6) is -0.860. The topological polar surface area (TPSA) is 52.6 Å². The third kappa shape index (κ3) is 7.20. The Morgan fingerprint density at radius 1 is 1.00 bits per heavy atom. The molecule has 0 spiro atoms. The highest BCUT2D eigenvalue weighted by atomic mass is 127. The number of halogens is 2. The normalized spacial score (nSPS) is 12.4. The standard InChI is InChI=1S/C12H18ClIO4/c1-7(2)5-17-11(15)9(13)10(14)12(16)18-6-8(3)4/h7-8H,5-6H2,1-4H3/b10-9-. The molecule has 6 heteroatoms. The first-order valence-corrected chi connectivity index (χ1v) is 7.10. The monoisotopic (exact) mass is 388 g/mol. The summed E-state index contributed by atoms with van der Waals surface area (Å²) in [6.45, 7) is 8.21. The average molecular weight is 389 g/mol. The first-order chi connectivity index (χ1) is 8.25. The van der Waals surface area contributed by atoms with E-state index in [1.165, 1.54) is 0 Å². The average Bonchev–Trinajstić information content (AvgIpc) is 2.30. The van der Waals surface area contributed by atoms with Crippen molar-refractivity contribution in [2.45, 2.75) is 27.7 Å². The highest BCUT2D eigenvalue weighted by Gasteiger charge is 2.20. The molecule has 0 radical (unpaired) electrons. The molecule has 0 aliphatic heterocycles. The fourth-order valence-electron chi connectivity index (χ4n) is 0.791. The quantitative estimate of drug-likeness (QED) is 0.398. The minimum Gasteiger partial charge on any atom is -0.461 e. The predicted octanol–water partition coefficient (Wildman–Crippen LogP) is 3.27. The van der Waals surface area contributed by atoms with E-state index in [1.54, 1.807) is 22.6 Å². The van der Waals surface area contributed by atoms with Gasteiger partial charge in [-0.15, -0.1) is 0 Å². The van der Waals surface area contributed by atoms with Gasteiger partial charge in [0.1, 0.15) is 8.61 Å². The smallest absolute Gasteiger partial charge is 0.351 e. The number of rotatable bonds is 6. The Morgan fingerprint density at radius 2 is 1.39 bits per heavy atom. The van der Waals surface area contributed by atoms with E-state index in [-0.39, 0.29) is 33.7 Å². The summed E-state index contributed by atoms with van der Waals surface area (Å²) in [6.07, 6.45) is 0. The summed E-state index contributed by atoms with van der Waals surface area (Å²) in [5, 5.41) is -0.231. The van der Waals surface area contributed by atoms with E-state index < -0.39 is 11.9 Å². The molecule has 0 atom stereocenters. The maximum absolute atomic E-state index is 11.6. The molecular weight excluding hydrogens is 370 g/mol. The molecule has 0 saturated heterocycles. The number of esters is 2. The van der Waals surface area contributed by atoms with Crippen molar-refractivity contribution in [1.29, 1.82) is 0 Å². The van der Waals surface area contributed by atoms with Gasteiger partial charge in [0.2, 0.25) is 0 Å². The minimum atomic E-state index is -0.698. The fraction of sp³-hybridized carbons (Fsp3) is 0.667. The summed E-state index contributed by atoms with van der Waals surface area (Å²) < 4.78 is 9.93. The number of carbonyl (C=O) groups excluding carboxylic acids is 2. The van der Waals surface area contributed by atoms with Gasteiger partial charge in [-0.1, -0.05) is 39.3 Å². The minimum absolute atomic E-state index is 0.0451. The van der Waals surface area contributed by atoms with Crippen LogP contribution in [0.4, 0.5) is 0 Å². The SMILES string of the molecule is CC(C)COC(=O)/C(Cl)=C(/I)C(=O)OCC(C)C. The van der Waals surface area contributed by atoms with Gasteiger partial charge in [-0.3, -0.25) is 0 Å². The van der Waals surface area contributed by atoms with Gasteiger partial charge in [0.25, 0.3) is 0 Å². The third-order valence-electron chi connectivity index (χ3n) is 1.65. The second-order valence-corrected chi connectivity index (χ2v) is 6.07. The van der Waals surface area contributed by atoms with Crippen molar-refractivity contribution >= 4 is 46.1 Å². The molecule has 104 valence electrons. The zero-order chi connectivity index (χ0) is 14.3. The van der Waals surface area contributed by atoms with Crippen molar-refractivity contribution in [3.05, 3.63) is 8.61 Å². The maximum atomic E-state index is 11.6. The second-order valence-electron chi connectivity index (χ2n) is 4.61. The Morgan fingerprint density at radius 3 is 1.78 bits per heavy atom. The maximum Gasteiger partial charge on any atom is 0.351 e. The van der Waals surface area contributed by atoms with Crippen molar-refractivity contribution in [3.63, 3.8) is 0 Å². The van der Waals surface area contributed by atoms with Gasteiger partial charge in [-0.05, 0) is 34.4 Å². The molecular formula is C12H18ClIO4. The van der Waals surface area contributed by atoms with Crippen molar-refractivity contribution < 1.29 is 19.1 Å². The van der Waals surface area contributed by atoms with Crippen LogP contribution in [0.15, 0.2) is 8.61 Å². The molecule has 0 aliphatic rings. The predicted molar refractivity (Wildman–Crippen MR) is 78.5 cm³/mol. The van der Waals surface area contributed by atoms with Gasteiger partial charge >= 0.3 is 11.9 Å². The Balaban J connectivity index is 4.49. The summed E-state index contributed by atoms with van der Waals surface area (Å²) in [5.41, 5.74) is 0. The first-order valence-electron chi connectivity index (χ1n) is 5.65. The zero-order valence-corrected chi connectivity index (χ0v) is 13.9. The molecule has 0 fully saturated rings. The van der Waals surface area contributed by atoms with Gasteiger partial charge in [-0.2, -0.15) is 0 Å². The Hall–Kier alpha value is -0.300. The highest BCUT2D eigenvalue weighted by molar-refractivity contribution is 14.1. The van der Waals surface area contributed by atoms with Crippen molar-refractivity contribution in [1.82, 2.24) is 0 Å². The Bertz CT molecular complexity index is 305. The van der Waals surface area contributed by atoms with Crippen LogP contribution in [0.25, 0.3) is 0 Å². The molecule has 0 heterocycles. The zero-order valence-electron chi connectivity index (χ0n) is 11.0. The third-order valence-corrected chi connectivity index (χ3v) is 3.29. The van der Waals surface area contributed by atoms with Crippen LogP contribution >= 0.6 is 34.2 Å². The molecule has 0 aromatic heterocycles. The second kappa shape index (κ2) is 8.74. The van der Waals surface area contributed by atoms with Crippen LogP contribution in [0, 0.1) is 11.8 Å². The van der Waals surface area contributed by atoms with Gasteiger partial charge in [-0.25, -0.2) is 9.59 Å². The van der Waals surface area contributed by atoms with Gasteiger partial charge in [0.15, 0.2) is 0 Å². The lowest BCUT2D eigenvalue weighted by Crippen LogP contribution is -2.15. The highest BCUT2D eigenvalue weighted by Crippen LogP contribution is 2.20. The van der Waals surface area contributed by atoms with Crippen LogP contribution in [0.3, 0.4) is 0 Å². The van der Waals surface area contributed by atoms with E-state index in [0.717, 1.165) is 0 Å². The van der Waals surface area contributed by atoms with Crippen LogP contribution in [0.1, 0.15) is 27.7 Å². The van der Waals surface area contributed by atoms with E-state index >= 15 is 0 Å². The van der Waals surface area contributed by atoms with Gasteiger partial charge < -0.3 is 9.47 Å². The molecule has 0 aliphatic carbocycles. The molecule has 0 aromatic carbocycles. The van der Waals surface area contributed by atoms with E-state index in [1.807, 2.05) is 27.7 Å². The molecule has 0 saturated carbocycles. The molecule has 0 aromatic rings. The summed E-state index contributed by atoms with van der Waals surface area (Å²) in [4.78, 5) is 23.1. The summed E-state index contributed by atoms with van der Waals surface area (Å²) >= 11 is 7.46. The largest absolute Gasteiger partial charge is 0.461 e. The lowest BCUT2D eigenvalue weighted by atomic mass is 10.2. The molecule has 0 unspecified atom stereocenters. The van der Waals surface area contributed by atoms with Crippen molar-refractivity contribution in [3.8, 4) is 0 Å². The van der Waals surface area contributed by atoms with Crippen LogP contribution < -0.4 is 0 Å². The van der Waals surface area contributed by atoms with E-state index in [9.17, 15) is 9.59 Å². The number of carbonyl (C=O) groups is 2. The summed E-state index contributed by atoms with van der Waals surface area (Å²) in [6, 6.07) is 0. The molecule has 4 nitrogen and oxygen atoms in total. The number of hydrogen-bond acceptors (Lipinski definition) is 4. The van der Waals surface area contributed by atoms with Crippen molar-refractivity contribution in [2.75, 3.05) is 13.2 Å². The molecule has 18 heavy (non-hydrogen) atoms. The van der Waals surface area contributed by atoms with Crippen molar-refractivity contribution in [2.24, 2.45) is 11.8 Å². The van der Waals surface area contributed by atoms with Gasteiger partial charge in [0, 0.05) is 0 Å². The van der Waals surface area contributed by atoms with E-state index in [4.69, 9.17) is 21.1 Å². The molecule has 0 bridgehead atoms. The van der Waals surface area contributed by atoms with Crippen LogP contribution in [-0.4, -0.2) is 25.2 Å². The first kappa shape index (κ1) is 17.7. The fourth-order valence-corrected chi connectivity index (χ4v) is 1.30. The van der Waals surface area contributed by atoms with Gasteiger partial charge in [0.05, 0.1) is 13.2 Å². The van der Waals surface area contributed by atoms with Crippen LogP contribution in [-0.2, 0) is 19.1 Å². The molecule has 0 amide bonds. The number of ether oxygens (including phenoxy) is 2. The Kier molecular flexibility index (Phi) is 8.60. The summed E-state index contributed by atoms with van der Waals surface area (Å²) in [7, 11) is 0. The van der Waals surface area contributed by atoms with E-state index in [2.05, 4.69) is 0 Å². The Labute approximate surface area is 126 Å². The van der Waals surface area contributed by atoms with E-state index in [0.29, 0.717) is 0 Å². The van der Waals surface area contributed by atoms with Crippen LogP contribution in [0.5, 0.6) is 0 Å². The lowest BCUT2D eigenvalue weighted by Gasteiger charge is -2.09. The number of hydrogen-bond donors (Lipinski definition) is 0. The molecule has 0 rings (SSSR count). The van der Waals surface area contributed by atoms with Crippen LogP contribution in [0.2, 0.25) is 0 Å². The lowest BCUT2D eigenvalue weighted by molar-refractivity contribution is -0.142.